The standard InChI is InChI=1S/C25H32N4O4S/c1-17(2)33-24(31)22-18(3)27-25-29(23(22)19-7-5-4-6-8-19)20(16-34-25)15-21(30)26-9-10-28-11-13-32-14-12-28/h4-8,16-17,23H,9-15H2,1-3H3,(H,26,30)/t23-/m1/s1. The van der Waals surface area contributed by atoms with Crippen molar-refractivity contribution >= 4 is 28.8 Å². The number of fused-ring (bicyclic) bond motifs is 1. The van der Waals surface area contributed by atoms with Crippen LogP contribution in [0.5, 0.6) is 0 Å². The number of morpholine rings is 1. The highest BCUT2D eigenvalue weighted by molar-refractivity contribution is 8.16. The molecule has 4 rings (SSSR count). The molecule has 182 valence electrons. The van der Waals surface area contributed by atoms with Gasteiger partial charge in [0.2, 0.25) is 5.91 Å². The first-order valence-electron chi connectivity index (χ1n) is 11.7. The first-order chi connectivity index (χ1) is 16.4. The molecule has 0 aromatic heterocycles. The van der Waals surface area contributed by atoms with Crippen molar-refractivity contribution < 1.29 is 19.1 Å². The maximum Gasteiger partial charge on any atom is 0.338 e. The third kappa shape index (κ3) is 5.71. The second-order valence-electron chi connectivity index (χ2n) is 8.74. The molecule has 1 fully saturated rings. The van der Waals surface area contributed by atoms with E-state index in [4.69, 9.17) is 14.5 Å². The van der Waals surface area contributed by atoms with Crippen LogP contribution in [-0.4, -0.2) is 72.3 Å². The van der Waals surface area contributed by atoms with Crippen molar-refractivity contribution in [3.05, 3.63) is 58.3 Å². The molecular formula is C25H32N4O4S. The Morgan fingerprint density at radius 2 is 1.97 bits per heavy atom. The Morgan fingerprint density at radius 3 is 2.68 bits per heavy atom. The first kappa shape index (κ1) is 24.5. The molecule has 34 heavy (non-hydrogen) atoms. The van der Waals surface area contributed by atoms with E-state index in [1.807, 2.05) is 61.4 Å². The summed E-state index contributed by atoms with van der Waals surface area (Å²) in [4.78, 5) is 34.9. The minimum absolute atomic E-state index is 0.0502. The summed E-state index contributed by atoms with van der Waals surface area (Å²) < 4.78 is 11.0. The highest BCUT2D eigenvalue weighted by Gasteiger charge is 2.41. The van der Waals surface area contributed by atoms with Crippen LogP contribution >= 0.6 is 11.8 Å². The lowest BCUT2D eigenvalue weighted by Gasteiger charge is -2.36. The number of nitrogens with one attached hydrogen (secondary N) is 1. The second-order valence-corrected chi connectivity index (χ2v) is 9.58. The molecule has 1 amide bonds. The van der Waals surface area contributed by atoms with Gasteiger partial charge in [0.15, 0.2) is 5.17 Å². The fraction of sp³-hybridized carbons (Fsp3) is 0.480. The summed E-state index contributed by atoms with van der Waals surface area (Å²) in [6.07, 6.45) is -0.0286. The Balaban J connectivity index is 1.50. The number of rotatable bonds is 8. The Bertz CT molecular complexity index is 999. The van der Waals surface area contributed by atoms with Gasteiger partial charge >= 0.3 is 5.97 Å². The van der Waals surface area contributed by atoms with Gasteiger partial charge in [-0.25, -0.2) is 9.79 Å². The quantitative estimate of drug-likeness (QED) is 0.568. The number of hydrogen-bond donors (Lipinski definition) is 1. The van der Waals surface area contributed by atoms with E-state index in [2.05, 4.69) is 10.2 Å². The van der Waals surface area contributed by atoms with E-state index in [1.54, 1.807) is 0 Å². The van der Waals surface area contributed by atoms with Crippen LogP contribution in [0.4, 0.5) is 0 Å². The number of esters is 1. The highest BCUT2D eigenvalue weighted by atomic mass is 32.2. The molecule has 0 aliphatic carbocycles. The van der Waals surface area contributed by atoms with E-state index < -0.39 is 6.04 Å². The molecule has 0 spiro atoms. The first-order valence-corrected chi connectivity index (χ1v) is 12.6. The lowest BCUT2D eigenvalue weighted by molar-refractivity contribution is -0.143. The zero-order chi connectivity index (χ0) is 24.1. The summed E-state index contributed by atoms with van der Waals surface area (Å²) in [6, 6.07) is 9.43. The molecule has 0 radical (unpaired) electrons. The lowest BCUT2D eigenvalue weighted by Crippen LogP contribution is -2.42. The van der Waals surface area contributed by atoms with Crippen molar-refractivity contribution in [2.24, 2.45) is 4.99 Å². The summed E-state index contributed by atoms with van der Waals surface area (Å²) >= 11 is 1.48. The zero-order valence-corrected chi connectivity index (χ0v) is 20.8. The van der Waals surface area contributed by atoms with Crippen LogP contribution in [-0.2, 0) is 19.1 Å². The van der Waals surface area contributed by atoms with Crippen LogP contribution in [0.1, 0.15) is 38.8 Å². The number of amidine groups is 1. The van der Waals surface area contributed by atoms with E-state index in [9.17, 15) is 9.59 Å². The summed E-state index contributed by atoms with van der Waals surface area (Å²) in [5, 5.41) is 5.76. The normalized spacial score (nSPS) is 20.7. The Morgan fingerprint density at radius 1 is 1.24 bits per heavy atom. The number of ether oxygens (including phenoxy) is 2. The van der Waals surface area contributed by atoms with Gasteiger partial charge in [0.1, 0.15) is 0 Å². The Hall–Kier alpha value is -2.62. The predicted octanol–water partition coefficient (Wildman–Crippen LogP) is 3.05. The number of carbonyl (C=O) groups excluding carboxylic acids is 2. The average Bonchev–Trinajstić information content (AvgIpc) is 3.20. The zero-order valence-electron chi connectivity index (χ0n) is 20.0. The third-order valence-corrected chi connectivity index (χ3v) is 6.76. The molecule has 0 bridgehead atoms. The molecule has 1 aromatic carbocycles. The molecule has 3 aliphatic heterocycles. The van der Waals surface area contributed by atoms with Gasteiger partial charge in [-0.1, -0.05) is 42.1 Å². The van der Waals surface area contributed by atoms with Gasteiger partial charge in [0.05, 0.1) is 43.1 Å². The largest absolute Gasteiger partial charge is 0.459 e. The number of aliphatic imine (C=N–C) groups is 1. The van der Waals surface area contributed by atoms with Crippen LogP contribution in [0.25, 0.3) is 0 Å². The smallest absolute Gasteiger partial charge is 0.338 e. The summed E-state index contributed by atoms with van der Waals surface area (Å²) in [6.45, 7) is 10.2. The van der Waals surface area contributed by atoms with E-state index >= 15 is 0 Å². The minimum atomic E-state index is -0.401. The third-order valence-electron chi connectivity index (χ3n) is 5.87. The number of carbonyl (C=O) groups is 2. The monoisotopic (exact) mass is 484 g/mol. The van der Waals surface area contributed by atoms with Crippen molar-refractivity contribution in [2.75, 3.05) is 39.4 Å². The SMILES string of the molecule is CC1=C(C(=O)OC(C)C)[C@@H](c2ccccc2)N2C(CC(=O)NCCN3CCOCC3)=CSC2=N1. The maximum absolute atomic E-state index is 13.1. The molecule has 0 unspecified atom stereocenters. The topological polar surface area (TPSA) is 83.5 Å². The van der Waals surface area contributed by atoms with E-state index in [0.29, 0.717) is 17.8 Å². The van der Waals surface area contributed by atoms with Gasteiger partial charge in [-0.3, -0.25) is 9.69 Å². The summed E-state index contributed by atoms with van der Waals surface area (Å²) in [5.41, 5.74) is 2.92. The van der Waals surface area contributed by atoms with Gasteiger partial charge in [0.25, 0.3) is 0 Å². The Kier molecular flexibility index (Phi) is 8.07. The predicted molar refractivity (Wildman–Crippen MR) is 133 cm³/mol. The molecule has 1 N–H and O–H groups in total. The van der Waals surface area contributed by atoms with Crippen LogP contribution in [0.2, 0.25) is 0 Å². The van der Waals surface area contributed by atoms with Crippen molar-refractivity contribution in [2.45, 2.75) is 39.3 Å². The molecule has 1 aromatic rings. The maximum atomic E-state index is 13.1. The fourth-order valence-corrected chi connectivity index (χ4v) is 5.23. The second kappa shape index (κ2) is 11.2. The van der Waals surface area contributed by atoms with Gasteiger partial charge in [-0.15, -0.1) is 0 Å². The number of hydrogen-bond acceptors (Lipinski definition) is 8. The molecule has 9 heteroatoms. The van der Waals surface area contributed by atoms with E-state index in [0.717, 1.165) is 49.3 Å². The van der Waals surface area contributed by atoms with Crippen molar-refractivity contribution in [3.63, 3.8) is 0 Å². The number of amides is 1. The highest BCUT2D eigenvalue weighted by Crippen LogP contribution is 2.44. The molecule has 3 aliphatic rings. The number of thioether (sulfide) groups is 1. The molecule has 3 heterocycles. The van der Waals surface area contributed by atoms with Gasteiger partial charge < -0.3 is 19.7 Å². The molecule has 0 saturated carbocycles. The van der Waals surface area contributed by atoms with Crippen molar-refractivity contribution in [3.8, 4) is 0 Å². The summed E-state index contributed by atoms with van der Waals surface area (Å²) in [5.74, 6) is -0.430. The van der Waals surface area contributed by atoms with Gasteiger partial charge in [-0.2, -0.15) is 0 Å². The molecular weight excluding hydrogens is 452 g/mol. The number of nitrogens with zero attached hydrogens (tertiary/aromatic N) is 3. The van der Waals surface area contributed by atoms with Crippen LogP contribution in [0, 0.1) is 0 Å². The number of benzene rings is 1. The van der Waals surface area contributed by atoms with Crippen molar-refractivity contribution in [1.29, 1.82) is 0 Å². The van der Waals surface area contributed by atoms with Gasteiger partial charge in [-0.05, 0) is 31.7 Å². The molecule has 1 atom stereocenters. The van der Waals surface area contributed by atoms with Gasteiger partial charge in [0, 0.05) is 31.9 Å². The van der Waals surface area contributed by atoms with E-state index in [-0.39, 0.29) is 24.4 Å². The van der Waals surface area contributed by atoms with Crippen molar-refractivity contribution in [1.82, 2.24) is 15.1 Å². The Labute approximate surface area is 205 Å². The van der Waals surface area contributed by atoms with Crippen LogP contribution < -0.4 is 5.32 Å². The summed E-state index contributed by atoms with van der Waals surface area (Å²) in [7, 11) is 0. The van der Waals surface area contributed by atoms with Crippen LogP contribution in [0.3, 0.4) is 0 Å². The van der Waals surface area contributed by atoms with Crippen LogP contribution in [0.15, 0.2) is 57.7 Å². The number of allylic oxidation sites excluding steroid dienone is 1. The molecule has 8 nitrogen and oxygen atoms in total. The fourth-order valence-electron chi connectivity index (χ4n) is 4.26. The average molecular weight is 485 g/mol. The molecule has 1 saturated heterocycles. The lowest BCUT2D eigenvalue weighted by atomic mass is 9.94. The minimum Gasteiger partial charge on any atom is -0.459 e. The van der Waals surface area contributed by atoms with E-state index in [1.165, 1.54) is 11.8 Å².